The number of urea groups is 1. The fourth-order valence-electron chi connectivity index (χ4n) is 3.22. The Morgan fingerprint density at radius 2 is 2.33 bits per heavy atom. The molecule has 1 N–H and O–H groups in total. The first-order chi connectivity index (χ1) is 11.5. The first-order valence-corrected chi connectivity index (χ1v) is 8.51. The summed E-state index contributed by atoms with van der Waals surface area (Å²) < 4.78 is 7.46. The van der Waals surface area contributed by atoms with E-state index in [1.54, 1.807) is 6.33 Å². The van der Waals surface area contributed by atoms with Gasteiger partial charge in [0.15, 0.2) is 5.82 Å². The van der Waals surface area contributed by atoms with Crippen LogP contribution in [0, 0.1) is 6.92 Å². The number of aryl methyl sites for hydroxylation is 3. The van der Waals surface area contributed by atoms with Crippen molar-refractivity contribution < 1.29 is 9.21 Å². The van der Waals surface area contributed by atoms with E-state index >= 15 is 0 Å². The third-order valence-corrected chi connectivity index (χ3v) is 4.55. The van der Waals surface area contributed by atoms with Crippen LogP contribution >= 0.6 is 0 Å². The third-order valence-electron chi connectivity index (χ3n) is 4.55. The molecule has 2 atom stereocenters. The van der Waals surface area contributed by atoms with Crippen LogP contribution in [0.15, 0.2) is 22.9 Å². The molecule has 0 spiro atoms. The molecule has 0 aromatic carbocycles. The van der Waals surface area contributed by atoms with Gasteiger partial charge in [0.2, 0.25) is 0 Å². The van der Waals surface area contributed by atoms with E-state index in [1.807, 2.05) is 42.5 Å². The number of carbonyl (C=O) groups is 1. The molecule has 3 rings (SSSR count). The van der Waals surface area contributed by atoms with E-state index in [9.17, 15) is 4.79 Å². The van der Waals surface area contributed by atoms with Crippen LogP contribution < -0.4 is 5.32 Å². The molecule has 7 nitrogen and oxygen atoms in total. The molecule has 0 saturated carbocycles. The lowest BCUT2D eigenvalue weighted by molar-refractivity contribution is 0.186. The van der Waals surface area contributed by atoms with Gasteiger partial charge in [-0.15, -0.1) is 10.2 Å². The summed E-state index contributed by atoms with van der Waals surface area (Å²) in [5.41, 5.74) is 0. The van der Waals surface area contributed by atoms with Crippen LogP contribution in [0.5, 0.6) is 0 Å². The molecular formula is C17H25N5O2. The maximum absolute atomic E-state index is 12.6. The Hall–Kier alpha value is -2.31. The molecule has 0 unspecified atom stereocenters. The second-order valence-corrected chi connectivity index (χ2v) is 6.55. The molecule has 2 aromatic rings. The van der Waals surface area contributed by atoms with Crippen molar-refractivity contribution in [1.29, 1.82) is 0 Å². The molecule has 3 heterocycles. The van der Waals surface area contributed by atoms with Crippen LogP contribution in [0.4, 0.5) is 4.79 Å². The minimum Gasteiger partial charge on any atom is -0.466 e. The summed E-state index contributed by atoms with van der Waals surface area (Å²) in [4.78, 5) is 14.5. The van der Waals surface area contributed by atoms with Crippen LogP contribution in [0.2, 0.25) is 0 Å². The van der Waals surface area contributed by atoms with Gasteiger partial charge in [-0.05, 0) is 45.2 Å². The van der Waals surface area contributed by atoms with Gasteiger partial charge in [-0.1, -0.05) is 0 Å². The molecule has 1 aliphatic heterocycles. The number of hydrogen-bond donors (Lipinski definition) is 1. The van der Waals surface area contributed by atoms with Crippen LogP contribution in [0.25, 0.3) is 0 Å². The number of aromatic nitrogens is 3. The summed E-state index contributed by atoms with van der Waals surface area (Å²) in [5, 5.41) is 11.2. The van der Waals surface area contributed by atoms with Crippen molar-refractivity contribution in [2.45, 2.75) is 51.6 Å². The lowest BCUT2D eigenvalue weighted by Gasteiger charge is -2.26. The Labute approximate surface area is 142 Å². The zero-order chi connectivity index (χ0) is 17.1. The second-order valence-electron chi connectivity index (χ2n) is 6.55. The van der Waals surface area contributed by atoms with E-state index in [0.29, 0.717) is 0 Å². The zero-order valence-electron chi connectivity index (χ0n) is 14.5. The first-order valence-electron chi connectivity index (χ1n) is 8.51. The molecule has 1 fully saturated rings. The highest BCUT2D eigenvalue weighted by Gasteiger charge is 2.33. The molecule has 130 valence electrons. The minimum absolute atomic E-state index is 0.0115. The van der Waals surface area contributed by atoms with Crippen molar-refractivity contribution in [2.24, 2.45) is 7.05 Å². The van der Waals surface area contributed by atoms with Crippen LogP contribution in [-0.2, 0) is 13.5 Å². The van der Waals surface area contributed by atoms with Gasteiger partial charge in [-0.3, -0.25) is 0 Å². The maximum atomic E-state index is 12.6. The fraction of sp³-hybridized carbons (Fsp3) is 0.588. The number of amides is 2. The van der Waals surface area contributed by atoms with Crippen LogP contribution in [0.3, 0.4) is 0 Å². The number of nitrogens with zero attached hydrogens (tertiary/aromatic N) is 4. The monoisotopic (exact) mass is 331 g/mol. The molecule has 7 heteroatoms. The Bertz CT molecular complexity index is 693. The minimum atomic E-state index is -0.0244. The summed E-state index contributed by atoms with van der Waals surface area (Å²) in [6.45, 7) is 4.73. The van der Waals surface area contributed by atoms with Gasteiger partial charge in [-0.2, -0.15) is 0 Å². The topological polar surface area (TPSA) is 76.2 Å². The van der Waals surface area contributed by atoms with Gasteiger partial charge in [0.05, 0.1) is 6.04 Å². The molecule has 1 aliphatic rings. The molecule has 0 bridgehead atoms. The summed E-state index contributed by atoms with van der Waals surface area (Å²) in [6, 6.07) is 4.03. The molecule has 0 radical (unpaired) electrons. The van der Waals surface area contributed by atoms with Crippen molar-refractivity contribution in [3.05, 3.63) is 35.8 Å². The molecule has 0 aliphatic carbocycles. The van der Waals surface area contributed by atoms with Gasteiger partial charge in [-0.25, -0.2) is 4.79 Å². The summed E-state index contributed by atoms with van der Waals surface area (Å²) in [5.74, 6) is 2.73. The number of likely N-dealkylation sites (tertiary alicyclic amines) is 1. The number of furan rings is 1. The molecule has 1 saturated heterocycles. The number of nitrogens with one attached hydrogen (secondary N) is 1. The highest BCUT2D eigenvalue weighted by atomic mass is 16.3. The summed E-state index contributed by atoms with van der Waals surface area (Å²) in [6.07, 6.45) is 5.27. The Morgan fingerprint density at radius 3 is 3.00 bits per heavy atom. The Morgan fingerprint density at radius 1 is 1.50 bits per heavy atom. The molecule has 2 aromatic heterocycles. The highest BCUT2D eigenvalue weighted by molar-refractivity contribution is 5.75. The van der Waals surface area contributed by atoms with Crippen molar-refractivity contribution in [1.82, 2.24) is 25.0 Å². The van der Waals surface area contributed by atoms with E-state index in [0.717, 1.165) is 49.6 Å². The predicted octanol–water partition coefficient (Wildman–Crippen LogP) is 2.58. The Kier molecular flexibility index (Phi) is 4.87. The van der Waals surface area contributed by atoms with Gasteiger partial charge in [0.1, 0.15) is 17.8 Å². The zero-order valence-corrected chi connectivity index (χ0v) is 14.5. The van der Waals surface area contributed by atoms with Gasteiger partial charge < -0.3 is 19.2 Å². The number of rotatable bonds is 5. The highest BCUT2D eigenvalue weighted by Crippen LogP contribution is 2.30. The Balaban J connectivity index is 1.54. The fourth-order valence-corrected chi connectivity index (χ4v) is 3.22. The average molecular weight is 331 g/mol. The van der Waals surface area contributed by atoms with E-state index < -0.39 is 0 Å². The molecule has 2 amide bonds. The van der Waals surface area contributed by atoms with Crippen molar-refractivity contribution in [2.75, 3.05) is 6.54 Å². The normalized spacial score (nSPS) is 18.8. The number of carbonyl (C=O) groups excluding carboxylic acids is 1. The van der Waals surface area contributed by atoms with Crippen molar-refractivity contribution in [3.63, 3.8) is 0 Å². The third kappa shape index (κ3) is 3.60. The summed E-state index contributed by atoms with van der Waals surface area (Å²) in [7, 11) is 1.91. The number of hydrogen-bond acceptors (Lipinski definition) is 4. The first kappa shape index (κ1) is 16.5. The molecule has 24 heavy (non-hydrogen) atoms. The SMILES string of the molecule is Cc1ccc(CC[C@H](C)NC(=O)N2CCC[C@@H]2c2nncn2C)o1. The second kappa shape index (κ2) is 7.07. The van der Waals surface area contributed by atoms with E-state index in [1.165, 1.54) is 0 Å². The lowest BCUT2D eigenvalue weighted by Crippen LogP contribution is -2.44. The molecular weight excluding hydrogens is 306 g/mol. The van der Waals surface area contributed by atoms with Crippen LogP contribution in [-0.4, -0.2) is 38.3 Å². The summed E-state index contributed by atoms with van der Waals surface area (Å²) >= 11 is 0. The van der Waals surface area contributed by atoms with Gasteiger partial charge >= 0.3 is 6.03 Å². The quantitative estimate of drug-likeness (QED) is 0.913. The van der Waals surface area contributed by atoms with Crippen molar-refractivity contribution in [3.8, 4) is 0 Å². The van der Waals surface area contributed by atoms with E-state index in [2.05, 4.69) is 15.5 Å². The van der Waals surface area contributed by atoms with E-state index in [-0.39, 0.29) is 18.1 Å². The lowest BCUT2D eigenvalue weighted by atomic mass is 10.1. The maximum Gasteiger partial charge on any atom is 0.318 e. The van der Waals surface area contributed by atoms with E-state index in [4.69, 9.17) is 4.42 Å². The van der Waals surface area contributed by atoms with Gasteiger partial charge in [0, 0.05) is 26.1 Å². The van der Waals surface area contributed by atoms with Crippen LogP contribution in [0.1, 0.15) is 49.6 Å². The predicted molar refractivity (Wildman–Crippen MR) is 89.4 cm³/mol. The average Bonchev–Trinajstić information content (AvgIpc) is 3.25. The standard InChI is InChI=1S/C17H25N5O2/c1-12(6-8-14-9-7-13(2)24-14)19-17(23)22-10-4-5-15(22)16-20-18-11-21(16)3/h7,9,11-12,15H,4-6,8,10H2,1-3H3,(H,19,23)/t12-,15+/m0/s1. The van der Waals surface area contributed by atoms with Crippen molar-refractivity contribution >= 4 is 6.03 Å². The van der Waals surface area contributed by atoms with Gasteiger partial charge in [0.25, 0.3) is 0 Å². The smallest absolute Gasteiger partial charge is 0.318 e. The largest absolute Gasteiger partial charge is 0.466 e.